The highest BCUT2D eigenvalue weighted by Gasteiger charge is 2.15. The zero-order chi connectivity index (χ0) is 23.6. The molecule has 0 heterocycles. The summed E-state index contributed by atoms with van der Waals surface area (Å²) in [5.41, 5.74) is 2.87. The summed E-state index contributed by atoms with van der Waals surface area (Å²) in [6, 6.07) is 23.5. The van der Waals surface area contributed by atoms with E-state index in [1.807, 2.05) is 36.4 Å². The van der Waals surface area contributed by atoms with Crippen LogP contribution >= 0.6 is 11.8 Å². The van der Waals surface area contributed by atoms with Crippen LogP contribution in [0.4, 0.5) is 16.2 Å². The summed E-state index contributed by atoms with van der Waals surface area (Å²) >= 11 is 1.29. The molecule has 3 aromatic rings. The fourth-order valence-electron chi connectivity index (χ4n) is 2.91. The smallest absolute Gasteiger partial charge is 0.435 e. The normalized spacial score (nSPS) is 10.9. The Labute approximate surface area is 196 Å². The van der Waals surface area contributed by atoms with Crippen molar-refractivity contribution in [1.82, 2.24) is 0 Å². The molecule has 168 valence electrons. The first-order chi connectivity index (χ1) is 16.0. The van der Waals surface area contributed by atoms with E-state index in [0.717, 1.165) is 5.56 Å². The third-order valence-electron chi connectivity index (χ3n) is 4.46. The summed E-state index contributed by atoms with van der Waals surface area (Å²) < 4.78 is 4.68. The van der Waals surface area contributed by atoms with E-state index in [9.17, 15) is 14.4 Å². The second kappa shape index (κ2) is 11.6. The van der Waals surface area contributed by atoms with Gasteiger partial charge in [-0.3, -0.25) is 9.59 Å². The third-order valence-corrected chi connectivity index (χ3v) is 5.40. The van der Waals surface area contributed by atoms with Gasteiger partial charge in [-0.15, -0.1) is 0 Å². The predicted molar refractivity (Wildman–Crippen MR) is 132 cm³/mol. The number of methoxy groups -OCH3 is 1. The second-order valence-electron chi connectivity index (χ2n) is 6.92. The van der Waals surface area contributed by atoms with Gasteiger partial charge in [-0.25, -0.2) is 4.79 Å². The molecular formula is C25H23N3O4S. The van der Waals surface area contributed by atoms with Gasteiger partial charge in [0.25, 0.3) is 0 Å². The van der Waals surface area contributed by atoms with Crippen LogP contribution in [-0.4, -0.2) is 30.1 Å². The molecular weight excluding hydrogens is 438 g/mol. The van der Waals surface area contributed by atoms with Crippen LogP contribution < -0.4 is 10.6 Å². The van der Waals surface area contributed by atoms with Crippen LogP contribution in [0, 0.1) is 0 Å². The first-order valence-electron chi connectivity index (χ1n) is 10.1. The Morgan fingerprint density at radius 2 is 1.52 bits per heavy atom. The van der Waals surface area contributed by atoms with Crippen LogP contribution in [0.5, 0.6) is 0 Å². The molecule has 7 nitrogen and oxygen atoms in total. The fourth-order valence-corrected chi connectivity index (χ4v) is 3.73. The van der Waals surface area contributed by atoms with E-state index in [0.29, 0.717) is 28.3 Å². The Kier molecular flexibility index (Phi) is 8.37. The molecule has 0 aliphatic heterocycles. The number of anilines is 2. The lowest BCUT2D eigenvalue weighted by Gasteiger charge is -2.15. The van der Waals surface area contributed by atoms with Gasteiger partial charge in [0.15, 0.2) is 11.0 Å². The molecule has 0 aromatic heterocycles. The molecule has 0 saturated carbocycles. The van der Waals surface area contributed by atoms with Crippen molar-refractivity contribution in [2.45, 2.75) is 12.7 Å². The fraction of sp³-hybridized carbons (Fsp3) is 0.120. The SMILES string of the molecule is COC(=O)/N=C(/Nc1cc(C(=O)c2ccccc2)ccc1NC(C)=O)SCc1ccccc1. The number of rotatable bonds is 6. The maximum absolute atomic E-state index is 12.9. The summed E-state index contributed by atoms with van der Waals surface area (Å²) in [4.78, 5) is 40.5. The first kappa shape index (κ1) is 23.7. The number of nitrogens with one attached hydrogen (secondary N) is 2. The van der Waals surface area contributed by atoms with Crippen molar-refractivity contribution in [2.75, 3.05) is 17.7 Å². The largest absolute Gasteiger partial charge is 0.451 e. The van der Waals surface area contributed by atoms with Gasteiger partial charge in [-0.1, -0.05) is 72.4 Å². The Bertz CT molecular complexity index is 1160. The van der Waals surface area contributed by atoms with Crippen molar-refractivity contribution < 1.29 is 19.1 Å². The van der Waals surface area contributed by atoms with E-state index in [1.165, 1.54) is 25.8 Å². The highest BCUT2D eigenvalue weighted by Crippen LogP contribution is 2.27. The molecule has 0 aliphatic carbocycles. The summed E-state index contributed by atoms with van der Waals surface area (Å²) in [5.74, 6) is 0.0990. The van der Waals surface area contributed by atoms with Gasteiger partial charge < -0.3 is 15.4 Å². The highest BCUT2D eigenvalue weighted by molar-refractivity contribution is 8.13. The molecule has 8 heteroatoms. The minimum Gasteiger partial charge on any atom is -0.451 e. The molecule has 0 spiro atoms. The van der Waals surface area contributed by atoms with Crippen molar-refractivity contribution in [3.05, 3.63) is 95.6 Å². The number of carbonyl (C=O) groups excluding carboxylic acids is 3. The predicted octanol–water partition coefficient (Wildman–Crippen LogP) is 5.34. The molecule has 0 bridgehead atoms. The third kappa shape index (κ3) is 7.05. The minimum absolute atomic E-state index is 0.170. The number of hydrogen-bond acceptors (Lipinski definition) is 5. The molecule has 3 aromatic carbocycles. The lowest BCUT2D eigenvalue weighted by molar-refractivity contribution is -0.114. The zero-order valence-corrected chi connectivity index (χ0v) is 19.0. The van der Waals surface area contributed by atoms with Gasteiger partial charge in [0, 0.05) is 23.8 Å². The number of benzene rings is 3. The Morgan fingerprint density at radius 3 is 2.15 bits per heavy atom. The maximum Gasteiger partial charge on any atom is 0.435 e. The topological polar surface area (TPSA) is 96.9 Å². The van der Waals surface area contributed by atoms with E-state index in [1.54, 1.807) is 42.5 Å². The van der Waals surface area contributed by atoms with Crippen LogP contribution in [0.2, 0.25) is 0 Å². The van der Waals surface area contributed by atoms with Crippen LogP contribution in [0.1, 0.15) is 28.4 Å². The Balaban J connectivity index is 1.93. The number of amidine groups is 1. The van der Waals surface area contributed by atoms with Crippen molar-refractivity contribution in [1.29, 1.82) is 0 Å². The van der Waals surface area contributed by atoms with E-state index >= 15 is 0 Å². The Hall–Kier alpha value is -3.91. The van der Waals surface area contributed by atoms with Gasteiger partial charge in [0.1, 0.15) is 0 Å². The summed E-state index contributed by atoms with van der Waals surface area (Å²) in [5, 5.41) is 6.08. The zero-order valence-electron chi connectivity index (χ0n) is 18.2. The molecule has 2 amide bonds. The van der Waals surface area contributed by atoms with Gasteiger partial charge in [-0.05, 0) is 23.8 Å². The van der Waals surface area contributed by atoms with Gasteiger partial charge >= 0.3 is 6.09 Å². The quantitative estimate of drug-likeness (QED) is 0.292. The van der Waals surface area contributed by atoms with Gasteiger partial charge in [0.05, 0.1) is 18.5 Å². The van der Waals surface area contributed by atoms with Crippen LogP contribution in [0.3, 0.4) is 0 Å². The summed E-state index contributed by atoms with van der Waals surface area (Å²) in [7, 11) is 1.24. The van der Waals surface area contributed by atoms with Crippen LogP contribution in [0.15, 0.2) is 83.9 Å². The van der Waals surface area contributed by atoms with Crippen LogP contribution in [0.25, 0.3) is 0 Å². The van der Waals surface area contributed by atoms with Crippen molar-refractivity contribution >= 4 is 46.1 Å². The number of nitrogens with zero attached hydrogens (tertiary/aromatic N) is 1. The van der Waals surface area contributed by atoms with Gasteiger partial charge in [0.2, 0.25) is 5.91 Å². The van der Waals surface area contributed by atoms with E-state index in [-0.39, 0.29) is 16.9 Å². The average Bonchev–Trinajstić information content (AvgIpc) is 2.84. The summed E-state index contributed by atoms with van der Waals surface area (Å²) in [6.45, 7) is 1.39. The molecule has 0 aliphatic rings. The molecule has 0 saturated heterocycles. The number of hydrogen-bond donors (Lipinski definition) is 2. The van der Waals surface area contributed by atoms with Gasteiger partial charge in [-0.2, -0.15) is 4.99 Å². The van der Waals surface area contributed by atoms with Crippen molar-refractivity contribution in [3.8, 4) is 0 Å². The molecule has 0 unspecified atom stereocenters. The number of ketones is 1. The summed E-state index contributed by atoms with van der Waals surface area (Å²) in [6.07, 6.45) is -0.768. The van der Waals surface area contributed by atoms with Crippen LogP contribution in [-0.2, 0) is 15.3 Å². The maximum atomic E-state index is 12.9. The van der Waals surface area contributed by atoms with E-state index < -0.39 is 6.09 Å². The molecule has 2 N–H and O–H groups in total. The lowest BCUT2D eigenvalue weighted by atomic mass is 10.0. The lowest BCUT2D eigenvalue weighted by Crippen LogP contribution is -2.15. The Morgan fingerprint density at radius 1 is 0.848 bits per heavy atom. The van der Waals surface area contributed by atoms with Crippen molar-refractivity contribution in [3.63, 3.8) is 0 Å². The van der Waals surface area contributed by atoms with Crippen molar-refractivity contribution in [2.24, 2.45) is 4.99 Å². The standard InChI is InChI=1S/C25H23N3O4S/c1-17(29)26-21-14-13-20(23(30)19-11-7-4-8-12-19)15-22(21)27-24(28-25(31)32-2)33-16-18-9-5-3-6-10-18/h3-15H,16H2,1-2H3,(H,26,29)(H,27,28,31). The first-order valence-corrected chi connectivity index (χ1v) is 11.1. The average molecular weight is 462 g/mol. The van der Waals surface area contributed by atoms with E-state index in [2.05, 4.69) is 20.4 Å². The second-order valence-corrected chi connectivity index (χ2v) is 7.89. The monoisotopic (exact) mass is 461 g/mol. The highest BCUT2D eigenvalue weighted by atomic mass is 32.2. The number of carbonyl (C=O) groups is 3. The molecule has 3 rings (SSSR count). The number of thioether (sulfide) groups is 1. The molecule has 33 heavy (non-hydrogen) atoms. The number of aliphatic imine (C=N–C) groups is 1. The molecule has 0 fully saturated rings. The molecule has 0 radical (unpaired) electrons. The number of ether oxygens (including phenoxy) is 1. The minimum atomic E-state index is -0.768. The molecule has 0 atom stereocenters. The van der Waals surface area contributed by atoms with E-state index in [4.69, 9.17) is 0 Å². The number of amides is 2.